The summed E-state index contributed by atoms with van der Waals surface area (Å²) in [5.74, 6) is -0.835. The molecule has 1 N–H and O–H groups in total. The Labute approximate surface area is 216 Å². The highest BCUT2D eigenvalue weighted by Gasteiger charge is 2.36. The second kappa shape index (κ2) is 9.38. The first kappa shape index (κ1) is 24.0. The van der Waals surface area contributed by atoms with E-state index in [1.54, 1.807) is 48.5 Å². The molecule has 0 saturated carbocycles. The van der Waals surface area contributed by atoms with E-state index in [1.807, 2.05) is 13.0 Å². The highest BCUT2D eigenvalue weighted by molar-refractivity contribution is 8.27. The maximum Gasteiger partial charge on any atom is 0.339 e. The number of fused-ring (bicyclic) bond motifs is 1. The highest BCUT2D eigenvalue weighted by Crippen LogP contribution is 2.34. The quantitative estimate of drug-likeness (QED) is 0.359. The van der Waals surface area contributed by atoms with Crippen molar-refractivity contribution in [1.29, 1.82) is 5.41 Å². The minimum absolute atomic E-state index is 0.00168. The molecule has 11 heteroatoms. The Hall–Kier alpha value is -3.73. The van der Waals surface area contributed by atoms with Crippen molar-refractivity contribution in [2.45, 2.75) is 11.8 Å². The summed E-state index contributed by atoms with van der Waals surface area (Å²) in [5, 5.41) is 15.5. The molecular weight excluding hydrogens is 520 g/mol. The fourth-order valence-corrected chi connectivity index (χ4v) is 5.60. The third-order valence-corrected chi connectivity index (χ3v) is 7.81. The Balaban J connectivity index is 1.47. The number of halogens is 1. The van der Waals surface area contributed by atoms with E-state index in [1.165, 1.54) is 29.3 Å². The number of carbonyl (C=O) groups is 1. The van der Waals surface area contributed by atoms with Crippen molar-refractivity contribution < 1.29 is 17.4 Å². The average molecular weight is 537 g/mol. The molecule has 0 aromatic heterocycles. The van der Waals surface area contributed by atoms with Crippen LogP contribution in [0.25, 0.3) is 6.08 Å². The van der Waals surface area contributed by atoms with E-state index in [0.29, 0.717) is 21.2 Å². The molecule has 1 amide bonds. The van der Waals surface area contributed by atoms with Crippen molar-refractivity contribution in [3.8, 4) is 5.75 Å². The van der Waals surface area contributed by atoms with E-state index in [0.717, 1.165) is 17.3 Å². The summed E-state index contributed by atoms with van der Waals surface area (Å²) in [5.41, 5.74) is 1.80. The van der Waals surface area contributed by atoms with Crippen molar-refractivity contribution in [2.75, 3.05) is 0 Å². The molecule has 0 radical (unpaired) electrons. The van der Waals surface area contributed by atoms with E-state index in [-0.39, 0.29) is 27.2 Å². The smallest absolute Gasteiger partial charge is 0.339 e. The van der Waals surface area contributed by atoms with Crippen LogP contribution in [0.2, 0.25) is 5.02 Å². The van der Waals surface area contributed by atoms with Gasteiger partial charge in [0.15, 0.2) is 5.84 Å². The lowest BCUT2D eigenvalue weighted by Gasteiger charge is -2.20. The van der Waals surface area contributed by atoms with Crippen LogP contribution in [0.15, 0.2) is 93.4 Å². The molecule has 3 aromatic rings. The van der Waals surface area contributed by atoms with Gasteiger partial charge < -0.3 is 4.18 Å². The summed E-state index contributed by atoms with van der Waals surface area (Å²) in [7, 11) is -4.12. The molecule has 2 heterocycles. The number of amidine groups is 2. The van der Waals surface area contributed by atoms with Crippen molar-refractivity contribution in [2.24, 2.45) is 10.1 Å². The SMILES string of the molecule is Cc1ccc(S(=O)(=O)Oc2ccccc2/C=C2\C(=N)N3N=C(c4ccccc4Cl)SC3=NC2=O)cc1. The van der Waals surface area contributed by atoms with Gasteiger partial charge in [0.1, 0.15) is 15.7 Å². The number of nitrogens with zero attached hydrogens (tertiary/aromatic N) is 3. The number of hydrogen-bond donors (Lipinski definition) is 1. The molecule has 36 heavy (non-hydrogen) atoms. The second-order valence-corrected chi connectivity index (χ2v) is 10.7. The Bertz CT molecular complexity index is 1610. The maximum atomic E-state index is 12.8. The van der Waals surface area contributed by atoms with E-state index in [2.05, 4.69) is 10.1 Å². The molecule has 5 rings (SSSR count). The van der Waals surface area contributed by atoms with Crippen LogP contribution in [0, 0.1) is 12.3 Å². The lowest BCUT2D eigenvalue weighted by atomic mass is 10.1. The summed E-state index contributed by atoms with van der Waals surface area (Å²) in [6.45, 7) is 1.85. The van der Waals surface area contributed by atoms with Crippen LogP contribution in [0.5, 0.6) is 5.75 Å². The number of aryl methyl sites for hydroxylation is 1. The number of aliphatic imine (C=N–C) groups is 1. The summed E-state index contributed by atoms with van der Waals surface area (Å²) in [4.78, 5) is 16.9. The molecule has 8 nitrogen and oxygen atoms in total. The third-order valence-electron chi connectivity index (χ3n) is 5.29. The monoisotopic (exact) mass is 536 g/mol. The number of carbonyl (C=O) groups excluding carboxylic acids is 1. The van der Waals surface area contributed by atoms with Gasteiger partial charge in [-0.2, -0.15) is 23.5 Å². The summed E-state index contributed by atoms with van der Waals surface area (Å²) in [6, 6.07) is 19.7. The molecule has 0 fully saturated rings. The Morgan fingerprint density at radius 1 is 1.03 bits per heavy atom. The number of hydrazone groups is 1. The zero-order valence-electron chi connectivity index (χ0n) is 18.7. The molecule has 0 atom stereocenters. The third kappa shape index (κ3) is 4.58. The van der Waals surface area contributed by atoms with Crippen molar-refractivity contribution in [1.82, 2.24) is 5.01 Å². The number of benzene rings is 3. The molecule has 0 saturated heterocycles. The number of para-hydroxylation sites is 1. The molecule has 180 valence electrons. The first-order chi connectivity index (χ1) is 17.2. The van der Waals surface area contributed by atoms with Gasteiger partial charge in [0.25, 0.3) is 5.91 Å². The predicted molar refractivity (Wildman–Crippen MR) is 141 cm³/mol. The van der Waals surface area contributed by atoms with Crippen molar-refractivity contribution in [3.05, 3.63) is 100 Å². The van der Waals surface area contributed by atoms with Gasteiger partial charge in [-0.05, 0) is 49.0 Å². The molecule has 3 aromatic carbocycles. The van der Waals surface area contributed by atoms with E-state index in [4.69, 9.17) is 21.2 Å². The maximum absolute atomic E-state index is 12.8. The largest absolute Gasteiger partial charge is 0.378 e. The lowest BCUT2D eigenvalue weighted by Crippen LogP contribution is -2.35. The number of rotatable bonds is 5. The zero-order chi connectivity index (χ0) is 25.4. The van der Waals surface area contributed by atoms with Gasteiger partial charge in [-0.15, -0.1) is 0 Å². The van der Waals surface area contributed by atoms with Crippen LogP contribution in [0.4, 0.5) is 0 Å². The summed E-state index contributed by atoms with van der Waals surface area (Å²) >= 11 is 7.41. The van der Waals surface area contributed by atoms with Crippen LogP contribution < -0.4 is 4.18 Å². The van der Waals surface area contributed by atoms with Crippen molar-refractivity contribution in [3.63, 3.8) is 0 Å². The van der Waals surface area contributed by atoms with Gasteiger partial charge >= 0.3 is 10.1 Å². The van der Waals surface area contributed by atoms with Crippen molar-refractivity contribution >= 4 is 61.5 Å². The first-order valence-electron chi connectivity index (χ1n) is 10.6. The van der Waals surface area contributed by atoms with Gasteiger partial charge in [0.2, 0.25) is 5.17 Å². The molecule has 2 aliphatic heterocycles. The molecule has 0 unspecified atom stereocenters. The Morgan fingerprint density at radius 3 is 2.47 bits per heavy atom. The standard InChI is InChI=1S/C25H17ClN4O4S2/c1-15-10-12-17(13-11-15)36(32,33)34-21-9-5-2-6-16(21)14-19-22(27)30-25(28-23(19)31)35-24(29-30)18-7-3-4-8-20(18)26/h2-14,27H,1H3/b19-14+,27-22?. The van der Waals surface area contributed by atoms with E-state index < -0.39 is 16.0 Å². The topological polar surface area (TPSA) is 112 Å². The van der Waals surface area contributed by atoms with Gasteiger partial charge in [0.05, 0.1) is 10.6 Å². The van der Waals surface area contributed by atoms with Gasteiger partial charge in [-0.3, -0.25) is 10.2 Å². The molecule has 0 spiro atoms. The Kier molecular flexibility index (Phi) is 6.25. The first-order valence-corrected chi connectivity index (χ1v) is 13.2. The minimum atomic E-state index is -4.12. The summed E-state index contributed by atoms with van der Waals surface area (Å²) in [6.07, 6.45) is 1.37. The molecule has 2 aliphatic rings. The van der Waals surface area contributed by atoms with E-state index in [9.17, 15) is 13.2 Å². The van der Waals surface area contributed by atoms with Gasteiger partial charge in [-0.1, -0.05) is 65.7 Å². The fraction of sp³-hybridized carbons (Fsp3) is 0.0400. The lowest BCUT2D eigenvalue weighted by molar-refractivity contribution is -0.114. The van der Waals surface area contributed by atoms with Crippen LogP contribution >= 0.6 is 23.4 Å². The number of amides is 1. The van der Waals surface area contributed by atoms with Gasteiger partial charge in [-0.25, -0.2) is 0 Å². The van der Waals surface area contributed by atoms with Crippen LogP contribution in [0.3, 0.4) is 0 Å². The van der Waals surface area contributed by atoms with Crippen LogP contribution in [0.1, 0.15) is 16.7 Å². The average Bonchev–Trinajstić information content (AvgIpc) is 3.27. The fourth-order valence-electron chi connectivity index (χ4n) is 3.44. The number of nitrogens with one attached hydrogen (secondary N) is 1. The minimum Gasteiger partial charge on any atom is -0.378 e. The summed E-state index contributed by atoms with van der Waals surface area (Å²) < 4.78 is 31.0. The molecule has 0 bridgehead atoms. The normalized spacial score (nSPS) is 16.6. The second-order valence-electron chi connectivity index (χ2n) is 7.79. The van der Waals surface area contributed by atoms with Crippen LogP contribution in [-0.2, 0) is 14.9 Å². The Morgan fingerprint density at radius 2 is 1.72 bits per heavy atom. The van der Waals surface area contributed by atoms with E-state index >= 15 is 0 Å². The zero-order valence-corrected chi connectivity index (χ0v) is 21.1. The number of thioether (sulfide) groups is 1. The molecule has 0 aliphatic carbocycles. The highest BCUT2D eigenvalue weighted by atomic mass is 35.5. The molecular formula is C25H17ClN4O4S2. The predicted octanol–water partition coefficient (Wildman–Crippen LogP) is 5.08. The number of hydrogen-bond acceptors (Lipinski definition) is 7. The van der Waals surface area contributed by atoms with Crippen LogP contribution in [-0.4, -0.2) is 35.4 Å². The van der Waals surface area contributed by atoms with Gasteiger partial charge in [0, 0.05) is 11.1 Å².